The third kappa shape index (κ3) is 9.69. The van der Waals surface area contributed by atoms with Gasteiger partial charge in [-0.15, -0.1) is 0 Å². The summed E-state index contributed by atoms with van der Waals surface area (Å²) in [5.41, 5.74) is 12.3. The van der Waals surface area contributed by atoms with Gasteiger partial charge in [0, 0.05) is 34.5 Å². The molecule has 0 aliphatic carbocycles. The van der Waals surface area contributed by atoms with E-state index in [0.717, 1.165) is 30.5 Å². The number of nitrogens with one attached hydrogen (secondary N) is 1. The number of sulfone groups is 1. The van der Waals surface area contributed by atoms with E-state index in [1.54, 1.807) is 24.3 Å². The summed E-state index contributed by atoms with van der Waals surface area (Å²) in [6.07, 6.45) is 2.78. The Morgan fingerprint density at radius 3 is 1.96 bits per heavy atom. The van der Waals surface area contributed by atoms with Gasteiger partial charge in [-0.2, -0.15) is 0 Å². The van der Waals surface area contributed by atoms with Gasteiger partial charge < -0.3 is 32.1 Å². The molecule has 0 spiro atoms. The minimum absolute atomic E-state index is 0.0249. The Morgan fingerprint density at radius 2 is 1.47 bits per heavy atom. The van der Waals surface area contributed by atoms with E-state index >= 15 is 0 Å². The molecule has 2 heterocycles. The van der Waals surface area contributed by atoms with Crippen molar-refractivity contribution in [2.24, 2.45) is 11.5 Å². The molecule has 14 nitrogen and oxygen atoms in total. The van der Waals surface area contributed by atoms with Crippen LogP contribution in [-0.4, -0.2) is 89.9 Å². The minimum atomic E-state index is -3.60. The summed E-state index contributed by atoms with van der Waals surface area (Å²) in [6.45, 7) is 1.20. The lowest BCUT2D eigenvalue weighted by molar-refractivity contribution is -0.141. The van der Waals surface area contributed by atoms with Crippen LogP contribution in [0.2, 0.25) is 10.0 Å². The van der Waals surface area contributed by atoms with Crippen LogP contribution in [0.25, 0.3) is 22.3 Å². The first-order valence-electron chi connectivity index (χ1n) is 14.7. The number of primary amides is 2. The monoisotopic (exact) mass is 736 g/mol. The average molecular weight is 738 g/mol. The molecule has 3 aromatic rings. The van der Waals surface area contributed by atoms with Crippen molar-refractivity contribution in [2.75, 3.05) is 19.3 Å². The van der Waals surface area contributed by atoms with Gasteiger partial charge in [0.05, 0.1) is 15.5 Å². The first-order chi connectivity index (χ1) is 22.9. The SMILES string of the molecule is CS(=O)(=O)c1ccccc1-c1ccc(-c2cc(Cl)ccc2C(N)=O)c(Cl)c1C(N)=O.O=C(O)C1CCCN1.O=C(O)C1CCCN1C(=O)O. The third-order valence-electron chi connectivity index (χ3n) is 7.64. The summed E-state index contributed by atoms with van der Waals surface area (Å²) < 4.78 is 24.4. The van der Waals surface area contributed by atoms with Crippen LogP contribution < -0.4 is 16.8 Å². The van der Waals surface area contributed by atoms with Crippen LogP contribution in [0, 0.1) is 0 Å². The Bertz CT molecular complexity index is 1860. The summed E-state index contributed by atoms with van der Waals surface area (Å²) in [6, 6.07) is 12.6. The van der Waals surface area contributed by atoms with Gasteiger partial charge in [-0.25, -0.2) is 18.0 Å². The summed E-state index contributed by atoms with van der Waals surface area (Å²) >= 11 is 12.6. The lowest BCUT2D eigenvalue weighted by atomic mass is 9.92. The molecule has 3 amide bonds. The van der Waals surface area contributed by atoms with Gasteiger partial charge in [0.1, 0.15) is 12.1 Å². The molecule has 2 aliphatic rings. The van der Waals surface area contributed by atoms with Crippen LogP contribution in [-0.2, 0) is 19.4 Å². The molecule has 8 N–H and O–H groups in total. The summed E-state index contributed by atoms with van der Waals surface area (Å²) in [4.78, 5) is 56.1. The number of benzene rings is 3. The average Bonchev–Trinajstić information content (AvgIpc) is 3.74. The number of amides is 3. The van der Waals surface area contributed by atoms with Crippen LogP contribution in [0.5, 0.6) is 0 Å². The summed E-state index contributed by atoms with van der Waals surface area (Å²) in [5.74, 6) is -3.33. The number of likely N-dealkylation sites (tertiary alicyclic amines) is 1. The molecule has 262 valence electrons. The number of carboxylic acids is 2. The van der Waals surface area contributed by atoms with Crippen molar-refractivity contribution in [3.8, 4) is 22.3 Å². The van der Waals surface area contributed by atoms with Crippen molar-refractivity contribution in [1.29, 1.82) is 0 Å². The molecule has 3 aromatic carbocycles. The first kappa shape index (κ1) is 38.7. The fourth-order valence-electron chi connectivity index (χ4n) is 5.36. The van der Waals surface area contributed by atoms with Crippen molar-refractivity contribution in [3.05, 3.63) is 75.8 Å². The van der Waals surface area contributed by atoms with Crippen LogP contribution in [0.1, 0.15) is 46.4 Å². The van der Waals surface area contributed by atoms with Gasteiger partial charge in [0.15, 0.2) is 9.84 Å². The molecule has 17 heteroatoms. The number of rotatable bonds is 7. The fourth-order valence-corrected chi connectivity index (χ4v) is 6.80. The largest absolute Gasteiger partial charge is 0.480 e. The second kappa shape index (κ2) is 16.6. The van der Waals surface area contributed by atoms with Crippen LogP contribution in [0.15, 0.2) is 59.5 Å². The molecule has 0 bridgehead atoms. The molecule has 2 unspecified atom stereocenters. The number of carboxylic acid groups (broad SMARTS) is 3. The number of aliphatic carboxylic acids is 2. The highest BCUT2D eigenvalue weighted by atomic mass is 35.5. The van der Waals surface area contributed by atoms with Crippen molar-refractivity contribution in [3.63, 3.8) is 0 Å². The minimum Gasteiger partial charge on any atom is -0.480 e. The molecule has 0 radical (unpaired) electrons. The van der Waals surface area contributed by atoms with E-state index in [4.69, 9.17) is 50.0 Å². The van der Waals surface area contributed by atoms with E-state index in [-0.39, 0.29) is 38.2 Å². The lowest BCUT2D eigenvalue weighted by Crippen LogP contribution is -2.39. The van der Waals surface area contributed by atoms with Crippen molar-refractivity contribution < 1.29 is 47.7 Å². The number of hydrogen-bond acceptors (Lipinski definition) is 8. The predicted molar refractivity (Wildman–Crippen MR) is 182 cm³/mol. The van der Waals surface area contributed by atoms with Crippen LogP contribution in [0.4, 0.5) is 4.79 Å². The molecule has 2 aliphatic heterocycles. The predicted octanol–water partition coefficient (Wildman–Crippen LogP) is 3.97. The highest BCUT2D eigenvalue weighted by molar-refractivity contribution is 7.90. The van der Waals surface area contributed by atoms with Gasteiger partial charge in [0.2, 0.25) is 5.91 Å². The topological polar surface area (TPSA) is 247 Å². The molecule has 2 atom stereocenters. The van der Waals surface area contributed by atoms with Crippen molar-refractivity contribution >= 4 is 62.9 Å². The molecule has 0 saturated carbocycles. The smallest absolute Gasteiger partial charge is 0.408 e. The third-order valence-corrected chi connectivity index (χ3v) is 9.43. The maximum atomic E-state index is 12.3. The number of carbonyl (C=O) groups is 5. The Morgan fingerprint density at radius 1 is 0.816 bits per heavy atom. The Kier molecular flexibility index (Phi) is 13.1. The van der Waals surface area contributed by atoms with E-state index in [2.05, 4.69) is 5.32 Å². The molecule has 49 heavy (non-hydrogen) atoms. The summed E-state index contributed by atoms with van der Waals surface area (Å²) in [7, 11) is -3.60. The Labute approximate surface area is 291 Å². The van der Waals surface area contributed by atoms with Gasteiger partial charge >= 0.3 is 18.0 Å². The van der Waals surface area contributed by atoms with E-state index in [0.29, 0.717) is 35.5 Å². The number of hydrogen-bond donors (Lipinski definition) is 6. The number of carbonyl (C=O) groups excluding carboxylic acids is 2. The molecular weight excluding hydrogens is 703 g/mol. The molecular formula is C32H34Cl2N4O10S. The van der Waals surface area contributed by atoms with Gasteiger partial charge in [-0.1, -0.05) is 53.5 Å². The molecule has 5 rings (SSSR count). The number of halogens is 2. The van der Waals surface area contributed by atoms with Crippen LogP contribution in [0.3, 0.4) is 0 Å². The molecule has 0 aromatic heterocycles. The molecule has 2 fully saturated rings. The second-order valence-corrected chi connectivity index (χ2v) is 13.8. The number of nitrogens with two attached hydrogens (primary N) is 2. The highest BCUT2D eigenvalue weighted by Crippen LogP contribution is 2.40. The zero-order chi connectivity index (χ0) is 36.6. The van der Waals surface area contributed by atoms with Crippen molar-refractivity contribution in [2.45, 2.75) is 42.7 Å². The maximum Gasteiger partial charge on any atom is 0.408 e. The van der Waals surface area contributed by atoms with Crippen molar-refractivity contribution in [1.82, 2.24) is 10.2 Å². The first-order valence-corrected chi connectivity index (χ1v) is 17.3. The lowest BCUT2D eigenvalue weighted by Gasteiger charge is -2.16. The van der Waals surface area contributed by atoms with Crippen LogP contribution >= 0.6 is 23.2 Å². The van der Waals surface area contributed by atoms with Gasteiger partial charge in [0.25, 0.3) is 5.91 Å². The van der Waals surface area contributed by atoms with Gasteiger partial charge in [-0.3, -0.25) is 19.3 Å². The zero-order valence-electron chi connectivity index (χ0n) is 26.1. The second-order valence-electron chi connectivity index (χ2n) is 11.0. The Balaban J connectivity index is 0.000000277. The maximum absolute atomic E-state index is 12.3. The standard InChI is InChI=1S/C21H16Cl2N2O4S.C6H9NO4.C5H9NO2/c1-30(28,29)17-5-3-2-4-12(17)13-8-9-14(19(23)18(13)21(25)27)16-10-11(22)6-7-15(16)20(24)26;8-5(9)4-2-1-3-7(4)6(10)11;7-5(8)4-2-1-3-6-4/h2-10H,1H3,(H2,24,26)(H2,25,27);4H,1-3H2,(H,8,9)(H,10,11);4,6H,1-3H2,(H,7,8). The normalized spacial score (nSPS) is 16.8. The zero-order valence-corrected chi connectivity index (χ0v) is 28.4. The van der Waals surface area contributed by atoms with E-state index in [1.807, 2.05) is 0 Å². The van der Waals surface area contributed by atoms with E-state index < -0.39 is 45.7 Å². The summed E-state index contributed by atoms with van der Waals surface area (Å²) in [5, 5.41) is 28.5. The highest BCUT2D eigenvalue weighted by Gasteiger charge is 2.33. The van der Waals surface area contributed by atoms with E-state index in [9.17, 15) is 32.4 Å². The number of nitrogens with zero attached hydrogens (tertiary/aromatic N) is 1. The molecule has 2 saturated heterocycles. The van der Waals surface area contributed by atoms with E-state index in [1.165, 1.54) is 30.3 Å². The Hall–Kier alpha value is -4.70. The quantitative estimate of drug-likeness (QED) is 0.203. The van der Waals surface area contributed by atoms with Gasteiger partial charge in [-0.05, 0) is 67.6 Å². The fraction of sp³-hybridized carbons (Fsp3) is 0.281.